The molecule has 0 aromatic rings. The van der Waals surface area contributed by atoms with Crippen LogP contribution in [0.1, 0.15) is 93.4 Å². The van der Waals surface area contributed by atoms with E-state index in [9.17, 15) is 14.4 Å². The predicted octanol–water partition coefficient (Wildman–Crippen LogP) is 7.25. The van der Waals surface area contributed by atoms with E-state index in [2.05, 4.69) is 77.1 Å². The standard InChI is InChI=1S/C31H43IO4/c1-26(2)22-9-10-31(7)23(29(22,5)17-20(32)24(26)34)21(33)15-18-19-16-28(4,25(35)36-8)12-11-27(19,3)13-14-30(18,31)6/h15,17,19,22-23H,9-14,16H2,1-8H3/t19-,22?,23-,27-,28?,29+,30-,31-/m1/s1. The summed E-state index contributed by atoms with van der Waals surface area (Å²) in [6.45, 7) is 15.7. The molecule has 5 heteroatoms. The molecule has 0 saturated heterocycles. The van der Waals surface area contributed by atoms with E-state index in [1.54, 1.807) is 0 Å². The number of allylic oxidation sites excluding steroid dienone is 4. The van der Waals surface area contributed by atoms with Crippen molar-refractivity contribution in [3.63, 3.8) is 0 Å². The number of ketones is 2. The van der Waals surface area contributed by atoms with Gasteiger partial charge in [-0.1, -0.05) is 53.2 Å². The van der Waals surface area contributed by atoms with Crippen molar-refractivity contribution in [1.82, 2.24) is 0 Å². The van der Waals surface area contributed by atoms with Gasteiger partial charge in [0.1, 0.15) is 0 Å². The Hall–Kier alpha value is -0.980. The molecular weight excluding hydrogens is 563 g/mol. The van der Waals surface area contributed by atoms with Gasteiger partial charge in [-0.3, -0.25) is 14.4 Å². The predicted molar refractivity (Wildman–Crippen MR) is 149 cm³/mol. The molecule has 4 nitrogen and oxygen atoms in total. The number of esters is 1. The first-order valence-corrected chi connectivity index (χ1v) is 14.9. The third-order valence-electron chi connectivity index (χ3n) is 12.5. The second-order valence-electron chi connectivity index (χ2n) is 14.6. The molecule has 0 aromatic carbocycles. The molecule has 198 valence electrons. The second-order valence-corrected chi connectivity index (χ2v) is 15.8. The Morgan fingerprint density at radius 1 is 0.972 bits per heavy atom. The lowest BCUT2D eigenvalue weighted by Gasteiger charge is -2.69. The number of halogens is 1. The number of fused-ring (bicyclic) bond motifs is 7. The summed E-state index contributed by atoms with van der Waals surface area (Å²) < 4.78 is 6.03. The molecule has 0 N–H and O–H groups in total. The summed E-state index contributed by atoms with van der Waals surface area (Å²) in [5.41, 5.74) is -0.221. The van der Waals surface area contributed by atoms with Crippen molar-refractivity contribution >= 4 is 40.1 Å². The van der Waals surface area contributed by atoms with Crippen molar-refractivity contribution in [2.24, 2.45) is 50.2 Å². The highest BCUT2D eigenvalue weighted by molar-refractivity contribution is 14.1. The van der Waals surface area contributed by atoms with Crippen LogP contribution in [0.2, 0.25) is 0 Å². The highest BCUT2D eigenvalue weighted by Gasteiger charge is 2.70. The molecule has 5 rings (SSSR count). The summed E-state index contributed by atoms with van der Waals surface area (Å²) >= 11 is 2.20. The van der Waals surface area contributed by atoms with Crippen LogP contribution in [0.4, 0.5) is 0 Å². The Bertz CT molecular complexity index is 1120. The quantitative estimate of drug-likeness (QED) is 0.233. The fraction of sp³-hybridized carbons (Fsp3) is 0.774. The van der Waals surface area contributed by atoms with Gasteiger partial charge >= 0.3 is 5.97 Å². The maximum absolute atomic E-state index is 14.3. The SMILES string of the molecule is COC(=O)C1(C)CC[C@]2(C)CC[C@]3(C)C(=CC(=O)[C@@H]4[C@@]5(C)C=C(I)C(=O)C(C)(C)C5CC[C@]43C)[C@H]2C1. The summed E-state index contributed by atoms with van der Waals surface area (Å²) in [5, 5.41) is 0. The minimum Gasteiger partial charge on any atom is -0.469 e. The molecule has 0 aliphatic heterocycles. The van der Waals surface area contributed by atoms with Crippen molar-refractivity contribution in [3.05, 3.63) is 21.3 Å². The summed E-state index contributed by atoms with van der Waals surface area (Å²) in [6.07, 6.45) is 10.9. The zero-order valence-electron chi connectivity index (χ0n) is 23.3. The fourth-order valence-corrected chi connectivity index (χ4v) is 11.4. The van der Waals surface area contributed by atoms with Crippen molar-refractivity contribution < 1.29 is 19.1 Å². The molecule has 0 radical (unpaired) electrons. The third-order valence-corrected chi connectivity index (χ3v) is 13.3. The zero-order chi connectivity index (χ0) is 26.7. The number of carbonyl (C=O) groups is 3. The van der Waals surface area contributed by atoms with Crippen LogP contribution in [0.15, 0.2) is 21.3 Å². The zero-order valence-corrected chi connectivity index (χ0v) is 25.5. The minimum atomic E-state index is -0.505. The number of hydrogen-bond acceptors (Lipinski definition) is 4. The van der Waals surface area contributed by atoms with Crippen molar-refractivity contribution in [3.8, 4) is 0 Å². The van der Waals surface area contributed by atoms with Crippen LogP contribution < -0.4 is 0 Å². The van der Waals surface area contributed by atoms with Crippen LogP contribution in [0.5, 0.6) is 0 Å². The lowest BCUT2D eigenvalue weighted by atomic mass is 9.34. The van der Waals surface area contributed by atoms with Crippen LogP contribution in [0.3, 0.4) is 0 Å². The van der Waals surface area contributed by atoms with E-state index in [4.69, 9.17) is 4.74 Å². The largest absolute Gasteiger partial charge is 0.469 e. The number of hydrogen-bond donors (Lipinski definition) is 0. The highest BCUT2D eigenvalue weighted by Crippen LogP contribution is 2.74. The lowest BCUT2D eigenvalue weighted by Crippen LogP contribution is -2.65. The molecule has 2 unspecified atom stereocenters. The van der Waals surface area contributed by atoms with Crippen LogP contribution in [-0.2, 0) is 19.1 Å². The molecule has 36 heavy (non-hydrogen) atoms. The van der Waals surface area contributed by atoms with Crippen LogP contribution in [0.25, 0.3) is 0 Å². The van der Waals surface area contributed by atoms with E-state index in [-0.39, 0.29) is 56.9 Å². The summed E-state index contributed by atoms with van der Waals surface area (Å²) in [5.74, 6) is 0.555. The number of rotatable bonds is 1. The fourth-order valence-electron chi connectivity index (χ4n) is 10.1. The monoisotopic (exact) mass is 606 g/mol. The number of ether oxygens (including phenoxy) is 1. The molecule has 0 heterocycles. The Labute approximate surface area is 230 Å². The second kappa shape index (κ2) is 7.79. The topological polar surface area (TPSA) is 60.4 Å². The maximum atomic E-state index is 14.3. The van der Waals surface area contributed by atoms with Gasteiger partial charge in [0.25, 0.3) is 0 Å². The van der Waals surface area contributed by atoms with E-state index in [1.807, 2.05) is 6.08 Å². The normalized spacial score (nSPS) is 49.5. The van der Waals surface area contributed by atoms with Gasteiger partial charge in [0.05, 0.1) is 16.1 Å². The van der Waals surface area contributed by atoms with E-state index < -0.39 is 10.8 Å². The van der Waals surface area contributed by atoms with E-state index in [0.29, 0.717) is 0 Å². The van der Waals surface area contributed by atoms with Gasteiger partial charge in [-0.05, 0) is 109 Å². The average molecular weight is 607 g/mol. The van der Waals surface area contributed by atoms with Gasteiger partial charge in [0.15, 0.2) is 11.6 Å². The summed E-state index contributed by atoms with van der Waals surface area (Å²) in [7, 11) is 1.49. The van der Waals surface area contributed by atoms with E-state index in [1.165, 1.54) is 12.7 Å². The highest BCUT2D eigenvalue weighted by atomic mass is 127. The Kier molecular flexibility index (Phi) is 5.76. The van der Waals surface area contributed by atoms with Gasteiger partial charge in [-0.25, -0.2) is 0 Å². The molecule has 0 aromatic heterocycles. The van der Waals surface area contributed by atoms with Crippen LogP contribution >= 0.6 is 22.6 Å². The lowest BCUT2D eigenvalue weighted by molar-refractivity contribution is -0.172. The molecule has 0 amide bonds. The summed E-state index contributed by atoms with van der Waals surface area (Å²) in [4.78, 5) is 40.4. The van der Waals surface area contributed by atoms with E-state index in [0.717, 1.165) is 48.5 Å². The minimum absolute atomic E-state index is 0.108. The Morgan fingerprint density at radius 2 is 1.61 bits per heavy atom. The van der Waals surface area contributed by atoms with Gasteiger partial charge in [-0.15, -0.1) is 0 Å². The number of methoxy groups -OCH3 is 1. The van der Waals surface area contributed by atoms with Crippen molar-refractivity contribution in [2.75, 3.05) is 7.11 Å². The Balaban J connectivity index is 1.65. The third kappa shape index (κ3) is 3.13. The Morgan fingerprint density at radius 3 is 2.25 bits per heavy atom. The first kappa shape index (κ1) is 26.6. The molecule has 3 fully saturated rings. The molecule has 8 atom stereocenters. The molecule has 0 spiro atoms. The van der Waals surface area contributed by atoms with Crippen LogP contribution in [-0.4, -0.2) is 24.6 Å². The number of carbonyl (C=O) groups excluding carboxylic acids is 3. The molecule has 3 saturated carbocycles. The smallest absolute Gasteiger partial charge is 0.311 e. The molecule has 0 bridgehead atoms. The van der Waals surface area contributed by atoms with Crippen molar-refractivity contribution in [2.45, 2.75) is 93.4 Å². The molecule has 5 aliphatic rings. The summed E-state index contributed by atoms with van der Waals surface area (Å²) in [6, 6.07) is 0. The first-order chi connectivity index (χ1) is 16.5. The van der Waals surface area contributed by atoms with Gasteiger partial charge < -0.3 is 4.74 Å². The van der Waals surface area contributed by atoms with E-state index >= 15 is 0 Å². The van der Waals surface area contributed by atoms with Gasteiger partial charge in [0, 0.05) is 16.7 Å². The maximum Gasteiger partial charge on any atom is 0.311 e. The van der Waals surface area contributed by atoms with Gasteiger partial charge in [-0.2, -0.15) is 0 Å². The van der Waals surface area contributed by atoms with Crippen molar-refractivity contribution in [1.29, 1.82) is 0 Å². The van der Waals surface area contributed by atoms with Crippen LogP contribution in [0, 0.1) is 50.2 Å². The molecule has 5 aliphatic carbocycles. The van der Waals surface area contributed by atoms with Gasteiger partial charge in [0.2, 0.25) is 0 Å². The first-order valence-electron chi connectivity index (χ1n) is 13.8. The average Bonchev–Trinajstić information content (AvgIpc) is 2.79. The molecular formula is C31H43IO4. The number of Topliss-reactive ketones (excluding diaryl/α,β-unsaturated/α-hetero) is 1.